The van der Waals surface area contributed by atoms with Crippen LogP contribution in [0.2, 0.25) is 0 Å². The molecular formula is C19H32N2. The molecule has 1 aromatic rings. The quantitative estimate of drug-likeness (QED) is 0.839. The van der Waals surface area contributed by atoms with Crippen LogP contribution in [-0.2, 0) is 0 Å². The molecule has 2 rings (SSSR count). The largest absolute Gasteiger partial charge is 0.374 e. The van der Waals surface area contributed by atoms with Crippen LogP contribution in [0.3, 0.4) is 0 Å². The number of nitrogens with zero attached hydrogens (tertiary/aromatic N) is 1. The monoisotopic (exact) mass is 288 g/mol. The fourth-order valence-corrected chi connectivity index (χ4v) is 3.46. The Hall–Kier alpha value is -1.02. The van der Waals surface area contributed by atoms with E-state index in [-0.39, 0.29) is 0 Å². The molecule has 1 N–H and O–H groups in total. The predicted octanol–water partition coefficient (Wildman–Crippen LogP) is 4.32. The second-order valence-corrected chi connectivity index (χ2v) is 7.41. The summed E-state index contributed by atoms with van der Waals surface area (Å²) in [5.41, 5.74) is 1.77. The van der Waals surface area contributed by atoms with E-state index in [0.717, 1.165) is 19.0 Å². The maximum atomic E-state index is 3.70. The summed E-state index contributed by atoms with van der Waals surface area (Å²) in [7, 11) is 2.24. The van der Waals surface area contributed by atoms with Crippen molar-refractivity contribution in [3.05, 3.63) is 30.3 Å². The van der Waals surface area contributed by atoms with E-state index in [9.17, 15) is 0 Å². The maximum absolute atomic E-state index is 3.70. The first-order valence-corrected chi connectivity index (χ1v) is 8.50. The first-order chi connectivity index (χ1) is 10.0. The zero-order chi connectivity index (χ0) is 15.3. The van der Waals surface area contributed by atoms with Crippen LogP contribution in [0, 0.1) is 11.3 Å². The van der Waals surface area contributed by atoms with E-state index in [4.69, 9.17) is 0 Å². The van der Waals surface area contributed by atoms with Crippen LogP contribution >= 0.6 is 0 Å². The lowest BCUT2D eigenvalue weighted by Gasteiger charge is -2.43. The van der Waals surface area contributed by atoms with Crippen molar-refractivity contribution in [3.63, 3.8) is 0 Å². The second-order valence-electron chi connectivity index (χ2n) is 7.41. The van der Waals surface area contributed by atoms with E-state index in [1.165, 1.54) is 31.4 Å². The van der Waals surface area contributed by atoms with Crippen molar-refractivity contribution in [2.24, 2.45) is 11.3 Å². The number of benzene rings is 1. The Bertz CT molecular complexity index is 405. The normalized spacial score (nSPS) is 26.0. The van der Waals surface area contributed by atoms with Crippen molar-refractivity contribution in [2.45, 2.75) is 52.5 Å². The molecule has 0 spiro atoms. The number of hydrogen-bond acceptors (Lipinski definition) is 2. The minimum absolute atomic E-state index is 0.432. The third-order valence-corrected chi connectivity index (χ3v) is 4.99. The van der Waals surface area contributed by atoms with Gasteiger partial charge in [-0.25, -0.2) is 0 Å². The minimum Gasteiger partial charge on any atom is -0.374 e. The summed E-state index contributed by atoms with van der Waals surface area (Å²) < 4.78 is 0. The van der Waals surface area contributed by atoms with Crippen LogP contribution < -0.4 is 10.2 Å². The van der Waals surface area contributed by atoms with Crippen molar-refractivity contribution in [1.29, 1.82) is 0 Å². The molecule has 0 amide bonds. The van der Waals surface area contributed by atoms with Crippen molar-refractivity contribution in [2.75, 3.05) is 25.0 Å². The van der Waals surface area contributed by atoms with Crippen LogP contribution in [0.5, 0.6) is 0 Å². The average Bonchev–Trinajstić information content (AvgIpc) is 2.49. The Morgan fingerprint density at radius 2 is 1.81 bits per heavy atom. The van der Waals surface area contributed by atoms with Gasteiger partial charge in [-0.2, -0.15) is 0 Å². The Balaban J connectivity index is 2.05. The van der Waals surface area contributed by atoms with Gasteiger partial charge < -0.3 is 10.2 Å². The summed E-state index contributed by atoms with van der Waals surface area (Å²) in [6.07, 6.45) is 5.46. The number of nitrogens with one attached hydrogen (secondary N) is 1. The topological polar surface area (TPSA) is 15.3 Å². The molecule has 0 saturated heterocycles. The Labute approximate surface area is 130 Å². The second kappa shape index (κ2) is 7.31. The summed E-state index contributed by atoms with van der Waals surface area (Å²) in [5, 5.41) is 3.70. The highest BCUT2D eigenvalue weighted by Crippen LogP contribution is 2.39. The summed E-state index contributed by atoms with van der Waals surface area (Å²) in [5.74, 6) is 0.902. The molecule has 2 nitrogen and oxygen atoms in total. The zero-order valence-electron chi connectivity index (χ0n) is 14.2. The zero-order valence-corrected chi connectivity index (χ0v) is 14.2. The van der Waals surface area contributed by atoms with Gasteiger partial charge in [0.05, 0.1) is 0 Å². The highest BCUT2D eigenvalue weighted by molar-refractivity contribution is 5.45. The van der Waals surface area contributed by atoms with Gasteiger partial charge in [0.25, 0.3) is 0 Å². The third-order valence-electron chi connectivity index (χ3n) is 4.99. The van der Waals surface area contributed by atoms with E-state index in [1.54, 1.807) is 0 Å². The van der Waals surface area contributed by atoms with E-state index in [1.807, 2.05) is 0 Å². The lowest BCUT2D eigenvalue weighted by atomic mass is 9.70. The molecule has 0 unspecified atom stereocenters. The van der Waals surface area contributed by atoms with Crippen LogP contribution in [0.1, 0.15) is 46.5 Å². The molecule has 0 radical (unpaired) electrons. The van der Waals surface area contributed by atoms with Gasteiger partial charge in [-0.15, -0.1) is 0 Å². The van der Waals surface area contributed by atoms with Gasteiger partial charge in [0.2, 0.25) is 0 Å². The highest BCUT2D eigenvalue weighted by atomic mass is 15.1. The number of hydrogen-bond donors (Lipinski definition) is 1. The van der Waals surface area contributed by atoms with Crippen molar-refractivity contribution in [3.8, 4) is 0 Å². The lowest BCUT2D eigenvalue weighted by Crippen LogP contribution is -2.46. The summed E-state index contributed by atoms with van der Waals surface area (Å²) in [4.78, 5) is 2.44. The van der Waals surface area contributed by atoms with E-state index in [2.05, 4.69) is 68.4 Å². The SMILES string of the molecule is CC1CCC(CNC(C)C)(CN(C)c2ccccc2)CC1. The molecule has 21 heavy (non-hydrogen) atoms. The molecule has 1 saturated carbocycles. The number of rotatable bonds is 6. The predicted molar refractivity (Wildman–Crippen MR) is 92.9 cm³/mol. The smallest absolute Gasteiger partial charge is 0.0363 e. The van der Waals surface area contributed by atoms with Crippen LogP contribution in [0.15, 0.2) is 30.3 Å². The third kappa shape index (κ3) is 4.74. The van der Waals surface area contributed by atoms with Gasteiger partial charge in [0.15, 0.2) is 0 Å². The van der Waals surface area contributed by atoms with Crippen molar-refractivity contribution < 1.29 is 0 Å². The molecule has 0 atom stereocenters. The van der Waals surface area contributed by atoms with E-state index in [0.29, 0.717) is 11.5 Å². The van der Waals surface area contributed by atoms with Gasteiger partial charge in [-0.1, -0.05) is 51.8 Å². The van der Waals surface area contributed by atoms with Crippen LogP contribution in [0.4, 0.5) is 5.69 Å². The molecule has 1 aromatic carbocycles. The van der Waals surface area contributed by atoms with Gasteiger partial charge >= 0.3 is 0 Å². The first kappa shape index (κ1) is 16.4. The fraction of sp³-hybridized carbons (Fsp3) is 0.684. The highest BCUT2D eigenvalue weighted by Gasteiger charge is 2.35. The number of para-hydroxylation sites is 1. The summed E-state index contributed by atoms with van der Waals surface area (Å²) in [6, 6.07) is 11.4. The summed E-state index contributed by atoms with van der Waals surface area (Å²) in [6.45, 7) is 9.21. The van der Waals surface area contributed by atoms with Gasteiger partial charge in [0, 0.05) is 37.3 Å². The van der Waals surface area contributed by atoms with Crippen LogP contribution in [-0.4, -0.2) is 26.2 Å². The van der Waals surface area contributed by atoms with Gasteiger partial charge in [-0.3, -0.25) is 0 Å². The molecule has 118 valence electrons. The van der Waals surface area contributed by atoms with Gasteiger partial charge in [-0.05, 0) is 30.9 Å². The Kier molecular flexibility index (Phi) is 5.69. The van der Waals surface area contributed by atoms with Crippen molar-refractivity contribution >= 4 is 5.69 Å². The summed E-state index contributed by atoms with van der Waals surface area (Å²) >= 11 is 0. The fourth-order valence-electron chi connectivity index (χ4n) is 3.46. The molecule has 2 heteroatoms. The van der Waals surface area contributed by atoms with Gasteiger partial charge in [0.1, 0.15) is 0 Å². The molecule has 1 aliphatic carbocycles. The standard InChI is InChI=1S/C19H32N2/c1-16(2)20-14-19(12-10-17(3)11-13-19)15-21(4)18-8-6-5-7-9-18/h5-9,16-17,20H,10-15H2,1-4H3. The maximum Gasteiger partial charge on any atom is 0.0363 e. The van der Waals surface area contributed by atoms with Crippen LogP contribution in [0.25, 0.3) is 0 Å². The first-order valence-electron chi connectivity index (χ1n) is 8.50. The number of anilines is 1. The molecule has 1 aliphatic rings. The minimum atomic E-state index is 0.432. The molecule has 0 heterocycles. The van der Waals surface area contributed by atoms with E-state index < -0.39 is 0 Å². The van der Waals surface area contributed by atoms with Crippen molar-refractivity contribution in [1.82, 2.24) is 5.32 Å². The molecular weight excluding hydrogens is 256 g/mol. The van der Waals surface area contributed by atoms with E-state index >= 15 is 0 Å². The molecule has 0 bridgehead atoms. The average molecular weight is 288 g/mol. The Morgan fingerprint density at radius 3 is 2.38 bits per heavy atom. The Morgan fingerprint density at radius 1 is 1.19 bits per heavy atom. The molecule has 1 fully saturated rings. The molecule has 0 aliphatic heterocycles. The molecule has 0 aromatic heterocycles. The lowest BCUT2D eigenvalue weighted by molar-refractivity contribution is 0.154.